The molecule has 146 valence electrons. The van der Waals surface area contributed by atoms with E-state index >= 15 is 0 Å². The Morgan fingerprint density at radius 1 is 1.23 bits per heavy atom. The number of fused-ring (bicyclic) bond motifs is 1. The van der Waals surface area contributed by atoms with Crippen molar-refractivity contribution in [2.45, 2.75) is 52.0 Å². The van der Waals surface area contributed by atoms with Crippen molar-refractivity contribution in [2.24, 2.45) is 5.41 Å². The van der Waals surface area contributed by atoms with Gasteiger partial charge in [0.2, 0.25) is 5.91 Å². The molecule has 3 rings (SSSR count). The van der Waals surface area contributed by atoms with Crippen LogP contribution in [-0.4, -0.2) is 30.0 Å². The fourth-order valence-electron chi connectivity index (χ4n) is 3.49. The molecule has 2 N–H and O–H groups in total. The number of amides is 1. The first kappa shape index (κ1) is 23.2. The number of halogens is 2. The molecule has 4 nitrogen and oxygen atoms in total. The third-order valence-corrected chi connectivity index (χ3v) is 6.37. The maximum atomic E-state index is 13.1. The topological polar surface area (TPSA) is 54.0 Å². The van der Waals surface area contributed by atoms with Gasteiger partial charge in [0, 0.05) is 12.5 Å². The quantitative estimate of drug-likeness (QED) is 0.733. The average Bonchev–Trinajstić information content (AvgIpc) is 3.02. The van der Waals surface area contributed by atoms with Crippen molar-refractivity contribution in [1.82, 2.24) is 15.6 Å². The Morgan fingerprint density at radius 3 is 2.50 bits per heavy atom. The van der Waals surface area contributed by atoms with Crippen LogP contribution >= 0.6 is 36.2 Å². The Bertz CT molecular complexity index is 664. The molecule has 0 saturated carbocycles. The van der Waals surface area contributed by atoms with E-state index in [1.807, 2.05) is 18.2 Å². The number of nitrogens with zero attached hydrogens (tertiary/aromatic N) is 1. The maximum Gasteiger partial charge on any atom is 0.226 e. The molecule has 0 unspecified atom stereocenters. The summed E-state index contributed by atoms with van der Waals surface area (Å²) in [5.74, 6) is 0.207. The Hall–Kier alpha value is -0.880. The van der Waals surface area contributed by atoms with E-state index < -0.39 is 0 Å². The molecule has 0 spiro atoms. The highest BCUT2D eigenvalue weighted by molar-refractivity contribution is 7.18. The lowest BCUT2D eigenvalue weighted by Gasteiger charge is -2.33. The molecule has 0 atom stereocenters. The normalized spacial score (nSPS) is 15.2. The van der Waals surface area contributed by atoms with Gasteiger partial charge in [-0.05, 0) is 50.9 Å². The van der Waals surface area contributed by atoms with E-state index in [9.17, 15) is 4.79 Å². The van der Waals surface area contributed by atoms with Crippen LogP contribution in [0.25, 0.3) is 10.2 Å². The molecule has 1 aliphatic rings. The van der Waals surface area contributed by atoms with Gasteiger partial charge in [0.25, 0.3) is 0 Å². The lowest BCUT2D eigenvalue weighted by atomic mass is 9.78. The third kappa shape index (κ3) is 5.10. The molecule has 0 radical (unpaired) electrons. The summed E-state index contributed by atoms with van der Waals surface area (Å²) >= 11 is 1.72. The third-order valence-electron chi connectivity index (χ3n) is 5.34. The number of hydrogen-bond donors (Lipinski definition) is 2. The van der Waals surface area contributed by atoms with Crippen molar-refractivity contribution < 1.29 is 4.79 Å². The zero-order valence-electron chi connectivity index (χ0n) is 15.4. The van der Waals surface area contributed by atoms with E-state index in [1.165, 1.54) is 4.70 Å². The number of rotatable bonds is 6. The van der Waals surface area contributed by atoms with Crippen LogP contribution in [0.4, 0.5) is 0 Å². The van der Waals surface area contributed by atoms with Crippen LogP contribution in [-0.2, 0) is 11.2 Å². The minimum Gasteiger partial charge on any atom is -0.353 e. The summed E-state index contributed by atoms with van der Waals surface area (Å²) in [7, 11) is 0. The molecule has 1 amide bonds. The van der Waals surface area contributed by atoms with Gasteiger partial charge in [-0.3, -0.25) is 4.79 Å². The second-order valence-corrected chi connectivity index (χ2v) is 7.85. The van der Waals surface area contributed by atoms with Crippen LogP contribution in [0, 0.1) is 5.41 Å². The zero-order valence-corrected chi connectivity index (χ0v) is 17.9. The number of carbonyl (C=O) groups is 1. The first-order valence-electron chi connectivity index (χ1n) is 9.03. The van der Waals surface area contributed by atoms with Gasteiger partial charge < -0.3 is 10.6 Å². The van der Waals surface area contributed by atoms with E-state index in [4.69, 9.17) is 4.98 Å². The van der Waals surface area contributed by atoms with Gasteiger partial charge in [0.05, 0.1) is 20.6 Å². The number of hydrogen-bond acceptors (Lipinski definition) is 4. The van der Waals surface area contributed by atoms with Crippen molar-refractivity contribution >= 4 is 52.3 Å². The van der Waals surface area contributed by atoms with Gasteiger partial charge in [-0.15, -0.1) is 36.2 Å². The van der Waals surface area contributed by atoms with Crippen LogP contribution in [0.5, 0.6) is 0 Å². The van der Waals surface area contributed by atoms with Crippen molar-refractivity contribution in [3.8, 4) is 0 Å². The molecule has 26 heavy (non-hydrogen) atoms. The van der Waals surface area contributed by atoms with Gasteiger partial charge in [-0.1, -0.05) is 26.0 Å². The summed E-state index contributed by atoms with van der Waals surface area (Å²) < 4.78 is 1.20. The van der Waals surface area contributed by atoms with Crippen LogP contribution in [0.15, 0.2) is 24.3 Å². The monoisotopic (exact) mass is 417 g/mol. The summed E-state index contributed by atoms with van der Waals surface area (Å²) in [6.45, 7) is 6.24. The highest BCUT2D eigenvalue weighted by Crippen LogP contribution is 2.34. The van der Waals surface area contributed by atoms with Gasteiger partial charge in [0.1, 0.15) is 0 Å². The standard InChI is InChI=1S/C19H27N3OS.2ClH/c1-3-19(4-2,18(23)21-14-9-11-20-12-10-14)13-17-22-15-7-5-6-8-16(15)24-17;;/h5-8,14,20H,3-4,9-13H2,1-2H3,(H,21,23);2*1H. The zero-order chi connectivity index (χ0) is 17.0. The Balaban J connectivity index is 0.00000169. The number of para-hydroxylation sites is 1. The molecule has 7 heteroatoms. The second-order valence-electron chi connectivity index (χ2n) is 6.74. The largest absolute Gasteiger partial charge is 0.353 e. The van der Waals surface area contributed by atoms with E-state index in [1.54, 1.807) is 11.3 Å². The lowest BCUT2D eigenvalue weighted by molar-refractivity contribution is -0.132. The summed E-state index contributed by atoms with van der Waals surface area (Å²) in [4.78, 5) is 17.8. The van der Waals surface area contributed by atoms with Crippen molar-refractivity contribution in [3.05, 3.63) is 29.3 Å². The molecule has 1 aromatic heterocycles. The average molecular weight is 418 g/mol. The SMILES string of the molecule is CCC(CC)(Cc1nc2ccccc2s1)C(=O)NC1CCNCC1.Cl.Cl. The molecule has 1 fully saturated rings. The minimum atomic E-state index is -0.348. The molecule has 1 saturated heterocycles. The number of nitrogens with one attached hydrogen (secondary N) is 2. The summed E-state index contributed by atoms with van der Waals surface area (Å²) in [6.07, 6.45) is 4.47. The Labute approximate surface area is 172 Å². The van der Waals surface area contributed by atoms with Crippen molar-refractivity contribution in [1.29, 1.82) is 0 Å². The molecule has 0 bridgehead atoms. The van der Waals surface area contributed by atoms with Crippen LogP contribution < -0.4 is 10.6 Å². The Morgan fingerprint density at radius 2 is 1.88 bits per heavy atom. The molecular weight excluding hydrogens is 389 g/mol. The number of benzene rings is 1. The van der Waals surface area contributed by atoms with Crippen LogP contribution in [0.1, 0.15) is 44.5 Å². The summed E-state index contributed by atoms with van der Waals surface area (Å²) in [5, 5.41) is 7.73. The van der Waals surface area contributed by atoms with E-state index in [0.29, 0.717) is 6.04 Å². The molecule has 1 aromatic carbocycles. The van der Waals surface area contributed by atoms with Gasteiger partial charge >= 0.3 is 0 Å². The predicted octanol–water partition coefficient (Wildman–Crippen LogP) is 4.36. The fourth-order valence-corrected chi connectivity index (χ4v) is 4.60. The van der Waals surface area contributed by atoms with Crippen molar-refractivity contribution in [2.75, 3.05) is 13.1 Å². The number of piperidine rings is 1. The molecule has 2 heterocycles. The summed E-state index contributed by atoms with van der Waals surface area (Å²) in [5.41, 5.74) is 0.691. The molecule has 1 aliphatic heterocycles. The number of thiazole rings is 1. The van der Waals surface area contributed by atoms with E-state index in [2.05, 4.69) is 30.5 Å². The summed E-state index contributed by atoms with van der Waals surface area (Å²) in [6, 6.07) is 8.52. The van der Waals surface area contributed by atoms with Crippen LogP contribution in [0.2, 0.25) is 0 Å². The molecular formula is C19H29Cl2N3OS. The highest BCUT2D eigenvalue weighted by atomic mass is 35.5. The smallest absolute Gasteiger partial charge is 0.226 e. The van der Waals surface area contributed by atoms with Gasteiger partial charge in [-0.2, -0.15) is 0 Å². The van der Waals surface area contributed by atoms with Gasteiger partial charge in [0.15, 0.2) is 0 Å². The van der Waals surface area contributed by atoms with E-state index in [-0.39, 0.29) is 36.1 Å². The van der Waals surface area contributed by atoms with E-state index in [0.717, 1.165) is 55.7 Å². The van der Waals surface area contributed by atoms with Gasteiger partial charge in [-0.25, -0.2) is 4.98 Å². The number of aromatic nitrogens is 1. The minimum absolute atomic E-state index is 0. The van der Waals surface area contributed by atoms with Crippen molar-refractivity contribution in [3.63, 3.8) is 0 Å². The number of carbonyl (C=O) groups excluding carboxylic acids is 1. The maximum absolute atomic E-state index is 13.1. The molecule has 2 aromatic rings. The predicted molar refractivity (Wildman–Crippen MR) is 115 cm³/mol. The fraction of sp³-hybridized carbons (Fsp3) is 0.579. The first-order chi connectivity index (χ1) is 11.7. The lowest BCUT2D eigenvalue weighted by Crippen LogP contribution is -2.49. The Kier molecular flexibility index (Phi) is 9.31. The second kappa shape index (κ2) is 10.5. The highest BCUT2D eigenvalue weighted by Gasteiger charge is 2.37. The molecule has 0 aliphatic carbocycles. The van der Waals surface area contributed by atoms with Crippen LogP contribution in [0.3, 0.4) is 0 Å². The first-order valence-corrected chi connectivity index (χ1v) is 9.84.